The molecule has 0 bridgehead atoms. The van der Waals surface area contributed by atoms with Crippen molar-refractivity contribution in [1.29, 1.82) is 0 Å². The van der Waals surface area contributed by atoms with Crippen molar-refractivity contribution in [2.75, 3.05) is 26.1 Å². The van der Waals surface area contributed by atoms with Crippen molar-refractivity contribution < 1.29 is 28.9 Å². The van der Waals surface area contributed by atoms with Crippen LogP contribution in [0.1, 0.15) is 10.4 Å². The summed E-state index contributed by atoms with van der Waals surface area (Å²) >= 11 is 0. The van der Waals surface area contributed by atoms with Crippen LogP contribution in [0.3, 0.4) is 0 Å². The van der Waals surface area contributed by atoms with E-state index < -0.39 is 5.97 Å². The fraction of sp³-hybridized carbons (Fsp3) is 0.176. The van der Waals surface area contributed by atoms with Gasteiger partial charge in [0.15, 0.2) is 18.1 Å². The van der Waals surface area contributed by atoms with Gasteiger partial charge in [-0.25, -0.2) is 0 Å². The van der Waals surface area contributed by atoms with Gasteiger partial charge in [-0.1, -0.05) is 0 Å². The quantitative estimate of drug-likeness (QED) is 0.816. The number of carboxylic acids is 1. The molecule has 0 spiro atoms. The van der Waals surface area contributed by atoms with Crippen LogP contribution in [-0.4, -0.2) is 32.7 Å². The fourth-order valence-corrected chi connectivity index (χ4v) is 1.93. The van der Waals surface area contributed by atoms with Crippen molar-refractivity contribution in [2.45, 2.75) is 0 Å². The lowest BCUT2D eigenvalue weighted by molar-refractivity contribution is -0.255. The number of aromatic carboxylic acids is 1. The SMILES string of the molecule is COc1ccc(NC(=O)COc2ccc(C(=O)[O-])cc2OC)cc1. The van der Waals surface area contributed by atoms with Crippen LogP contribution in [-0.2, 0) is 4.79 Å². The lowest BCUT2D eigenvalue weighted by atomic mass is 10.2. The molecule has 7 nitrogen and oxygen atoms in total. The first kappa shape index (κ1) is 17.1. The molecule has 1 amide bonds. The Morgan fingerprint density at radius 2 is 1.71 bits per heavy atom. The van der Waals surface area contributed by atoms with Gasteiger partial charge in [-0.2, -0.15) is 0 Å². The minimum Gasteiger partial charge on any atom is -0.545 e. The minimum atomic E-state index is -1.32. The van der Waals surface area contributed by atoms with Crippen molar-refractivity contribution in [1.82, 2.24) is 0 Å². The maximum Gasteiger partial charge on any atom is 0.262 e. The molecule has 0 heterocycles. The average Bonchev–Trinajstić information content (AvgIpc) is 2.60. The standard InChI is InChI=1S/C17H17NO6/c1-22-13-6-4-12(5-7-13)18-16(19)10-24-14-8-3-11(17(20)21)9-15(14)23-2/h3-9H,10H2,1-2H3,(H,18,19)(H,20,21)/p-1. The molecule has 0 saturated heterocycles. The second kappa shape index (κ2) is 7.87. The number of amides is 1. The number of benzene rings is 2. The van der Waals surface area contributed by atoms with Gasteiger partial charge in [0, 0.05) is 11.3 Å². The number of hydrogen-bond donors (Lipinski definition) is 1. The monoisotopic (exact) mass is 330 g/mol. The zero-order valence-corrected chi connectivity index (χ0v) is 13.2. The lowest BCUT2D eigenvalue weighted by Crippen LogP contribution is -2.22. The van der Waals surface area contributed by atoms with Crippen LogP contribution in [0, 0.1) is 0 Å². The summed E-state index contributed by atoms with van der Waals surface area (Å²) in [5.74, 6) is -0.549. The number of methoxy groups -OCH3 is 2. The molecule has 126 valence electrons. The Hall–Kier alpha value is -3.22. The van der Waals surface area contributed by atoms with E-state index >= 15 is 0 Å². The number of anilines is 1. The first-order chi connectivity index (χ1) is 11.5. The molecular formula is C17H16NO6-. The van der Waals surface area contributed by atoms with E-state index in [-0.39, 0.29) is 29.6 Å². The van der Waals surface area contributed by atoms with Gasteiger partial charge in [-0.05, 0) is 42.5 Å². The molecule has 0 fully saturated rings. The molecule has 0 aromatic heterocycles. The second-order valence-electron chi connectivity index (χ2n) is 4.72. The summed E-state index contributed by atoms with van der Waals surface area (Å²) in [4.78, 5) is 22.7. The maximum atomic E-state index is 11.9. The first-order valence-electron chi connectivity index (χ1n) is 6.99. The molecule has 2 rings (SSSR count). The molecular weight excluding hydrogens is 314 g/mol. The predicted molar refractivity (Wildman–Crippen MR) is 84.4 cm³/mol. The van der Waals surface area contributed by atoms with Gasteiger partial charge >= 0.3 is 0 Å². The van der Waals surface area contributed by atoms with Gasteiger partial charge in [-0.3, -0.25) is 4.79 Å². The van der Waals surface area contributed by atoms with E-state index in [0.717, 1.165) is 0 Å². The Bertz CT molecular complexity index is 726. The van der Waals surface area contributed by atoms with Crippen LogP contribution >= 0.6 is 0 Å². The van der Waals surface area contributed by atoms with Crippen LogP contribution in [0.15, 0.2) is 42.5 Å². The van der Waals surface area contributed by atoms with Gasteiger partial charge in [0.2, 0.25) is 0 Å². The number of ether oxygens (including phenoxy) is 3. The Morgan fingerprint density at radius 1 is 1.00 bits per heavy atom. The van der Waals surface area contributed by atoms with Crippen molar-refractivity contribution in [3.05, 3.63) is 48.0 Å². The van der Waals surface area contributed by atoms with Crippen LogP contribution in [0.2, 0.25) is 0 Å². The van der Waals surface area contributed by atoms with E-state index in [4.69, 9.17) is 14.2 Å². The molecule has 0 atom stereocenters. The Labute approximate surface area is 138 Å². The van der Waals surface area contributed by atoms with Crippen LogP contribution in [0.5, 0.6) is 17.2 Å². The summed E-state index contributed by atoms with van der Waals surface area (Å²) < 4.78 is 15.5. The van der Waals surface area contributed by atoms with E-state index in [2.05, 4.69) is 5.32 Å². The molecule has 0 unspecified atom stereocenters. The molecule has 0 aliphatic rings. The summed E-state index contributed by atoms with van der Waals surface area (Å²) in [7, 11) is 2.93. The molecule has 2 aromatic rings. The Kier molecular flexibility index (Phi) is 5.62. The van der Waals surface area contributed by atoms with Crippen molar-refractivity contribution in [2.24, 2.45) is 0 Å². The second-order valence-corrected chi connectivity index (χ2v) is 4.72. The summed E-state index contributed by atoms with van der Waals surface area (Å²) in [5.41, 5.74) is 0.561. The van der Waals surface area contributed by atoms with Gasteiger partial charge < -0.3 is 29.4 Å². The topological polar surface area (TPSA) is 96.9 Å². The molecule has 0 saturated carbocycles. The van der Waals surface area contributed by atoms with Crippen molar-refractivity contribution in [3.8, 4) is 17.2 Å². The third-order valence-corrected chi connectivity index (χ3v) is 3.13. The molecule has 7 heteroatoms. The predicted octanol–water partition coefficient (Wildman–Crippen LogP) is 1.08. The van der Waals surface area contributed by atoms with Crippen LogP contribution in [0.4, 0.5) is 5.69 Å². The molecule has 2 aromatic carbocycles. The van der Waals surface area contributed by atoms with Gasteiger partial charge in [0.25, 0.3) is 5.91 Å². The van der Waals surface area contributed by atoms with Gasteiger partial charge in [0.1, 0.15) is 5.75 Å². The third kappa shape index (κ3) is 4.39. The number of nitrogens with one attached hydrogen (secondary N) is 1. The van der Waals surface area contributed by atoms with E-state index in [9.17, 15) is 14.7 Å². The third-order valence-electron chi connectivity index (χ3n) is 3.13. The number of carbonyl (C=O) groups is 2. The van der Waals surface area contributed by atoms with E-state index in [1.165, 1.54) is 25.3 Å². The highest BCUT2D eigenvalue weighted by molar-refractivity contribution is 5.92. The summed E-state index contributed by atoms with van der Waals surface area (Å²) in [5, 5.41) is 13.5. The van der Waals surface area contributed by atoms with Crippen molar-refractivity contribution >= 4 is 17.6 Å². The molecule has 24 heavy (non-hydrogen) atoms. The highest BCUT2D eigenvalue weighted by Gasteiger charge is 2.09. The Morgan fingerprint density at radius 3 is 2.29 bits per heavy atom. The highest BCUT2D eigenvalue weighted by atomic mass is 16.5. The number of hydrogen-bond acceptors (Lipinski definition) is 6. The highest BCUT2D eigenvalue weighted by Crippen LogP contribution is 2.27. The lowest BCUT2D eigenvalue weighted by Gasteiger charge is -2.12. The smallest absolute Gasteiger partial charge is 0.262 e. The molecule has 0 aliphatic carbocycles. The Balaban J connectivity index is 1.96. The zero-order valence-electron chi connectivity index (χ0n) is 13.2. The molecule has 0 radical (unpaired) electrons. The van der Waals surface area contributed by atoms with E-state index in [1.807, 2.05) is 0 Å². The van der Waals surface area contributed by atoms with Gasteiger partial charge in [-0.15, -0.1) is 0 Å². The first-order valence-corrected chi connectivity index (χ1v) is 6.99. The zero-order chi connectivity index (χ0) is 17.5. The van der Waals surface area contributed by atoms with Crippen LogP contribution in [0.25, 0.3) is 0 Å². The number of carboxylic acid groups (broad SMARTS) is 1. The van der Waals surface area contributed by atoms with E-state index in [0.29, 0.717) is 11.4 Å². The molecule has 0 aliphatic heterocycles. The molecule has 1 N–H and O–H groups in total. The van der Waals surface area contributed by atoms with Gasteiger partial charge in [0.05, 0.1) is 20.2 Å². The summed E-state index contributed by atoms with van der Waals surface area (Å²) in [6, 6.07) is 10.8. The normalized spacial score (nSPS) is 9.92. The summed E-state index contributed by atoms with van der Waals surface area (Å²) in [6.45, 7) is -0.257. The van der Waals surface area contributed by atoms with E-state index in [1.54, 1.807) is 31.4 Å². The average molecular weight is 330 g/mol. The largest absolute Gasteiger partial charge is 0.545 e. The maximum absolute atomic E-state index is 11.9. The minimum absolute atomic E-state index is 0.0399. The summed E-state index contributed by atoms with van der Waals surface area (Å²) in [6.07, 6.45) is 0. The number of carbonyl (C=O) groups excluding carboxylic acids is 2. The fourth-order valence-electron chi connectivity index (χ4n) is 1.93. The van der Waals surface area contributed by atoms with Crippen molar-refractivity contribution in [3.63, 3.8) is 0 Å². The van der Waals surface area contributed by atoms with Crippen LogP contribution < -0.4 is 24.6 Å². The number of rotatable bonds is 7.